The average molecular weight is 373 g/mol. The van der Waals surface area contributed by atoms with Crippen molar-refractivity contribution in [1.29, 1.82) is 0 Å². The van der Waals surface area contributed by atoms with Crippen LogP contribution >= 0.6 is 0 Å². The minimum Gasteiger partial charge on any atom is -0.395 e. The molecule has 1 saturated carbocycles. The molecular weight excluding hydrogens is 340 g/mol. The van der Waals surface area contributed by atoms with Crippen LogP contribution in [-0.4, -0.2) is 38.1 Å². The molecule has 0 aromatic carbocycles. The molecule has 1 aliphatic rings. The molecule has 3 atom stereocenters. The second kappa shape index (κ2) is 6.67. The van der Waals surface area contributed by atoms with E-state index in [1.807, 2.05) is 17.7 Å². The van der Waals surface area contributed by atoms with E-state index in [9.17, 15) is 9.90 Å². The molecule has 0 aliphatic heterocycles. The number of aryl methyl sites for hydroxylation is 1. The molecule has 3 rings (SSSR count). The third-order valence-corrected chi connectivity index (χ3v) is 6.28. The van der Waals surface area contributed by atoms with Crippen LogP contribution in [0, 0.1) is 17.3 Å². The molecule has 0 spiro atoms. The molecule has 6 nitrogen and oxygen atoms in total. The Bertz CT molecular complexity index is 863. The number of aliphatic hydroxyl groups is 1. The van der Waals surface area contributed by atoms with Crippen LogP contribution in [0.5, 0.6) is 0 Å². The highest BCUT2D eigenvalue weighted by molar-refractivity contribution is 5.95. The number of fused-ring (bicyclic) bond motifs is 1. The predicted octanol–water partition coefficient (Wildman–Crippen LogP) is 2.82. The summed E-state index contributed by atoms with van der Waals surface area (Å²) in [6.45, 7) is 10.8. The molecule has 0 unspecified atom stereocenters. The Morgan fingerprint density at radius 3 is 2.67 bits per heavy atom. The fraction of sp³-hybridized carbons (Fsp3) is 0.667. The van der Waals surface area contributed by atoms with E-state index in [4.69, 9.17) is 5.73 Å². The fourth-order valence-corrected chi connectivity index (χ4v) is 4.65. The van der Waals surface area contributed by atoms with E-state index in [2.05, 4.69) is 44.6 Å². The minimum absolute atomic E-state index is 0.00964. The van der Waals surface area contributed by atoms with Crippen LogP contribution in [0.25, 0.3) is 11.2 Å². The molecule has 0 saturated heterocycles. The summed E-state index contributed by atoms with van der Waals surface area (Å²) in [4.78, 5) is 21.8. The Hall–Kier alpha value is -1.79. The van der Waals surface area contributed by atoms with Gasteiger partial charge in [-0.25, -0.2) is 4.98 Å². The van der Waals surface area contributed by atoms with Gasteiger partial charge in [-0.05, 0) is 29.7 Å². The molecule has 148 valence electrons. The molecule has 0 amide bonds. The number of rotatable bonds is 6. The highest BCUT2D eigenvalue weighted by atomic mass is 16.3. The van der Waals surface area contributed by atoms with E-state index < -0.39 is 0 Å². The van der Waals surface area contributed by atoms with Crippen LogP contribution in [0.4, 0.5) is 0 Å². The maximum absolute atomic E-state index is 12.7. The molecule has 2 heterocycles. The van der Waals surface area contributed by atoms with E-state index in [0.717, 1.165) is 23.3 Å². The maximum atomic E-state index is 12.7. The van der Waals surface area contributed by atoms with Gasteiger partial charge in [0.15, 0.2) is 11.4 Å². The zero-order valence-electron chi connectivity index (χ0n) is 17.3. The molecule has 27 heavy (non-hydrogen) atoms. The number of hydrogen-bond acceptors (Lipinski definition) is 5. The summed E-state index contributed by atoms with van der Waals surface area (Å²) in [6.07, 6.45) is 2.79. The number of hydrogen-bond donors (Lipinski definition) is 2. The van der Waals surface area contributed by atoms with Gasteiger partial charge in [-0.15, -0.1) is 0 Å². The van der Waals surface area contributed by atoms with Crippen molar-refractivity contribution in [1.82, 2.24) is 14.5 Å². The first-order valence-electron chi connectivity index (χ1n) is 9.71. The number of nitrogens with zero attached hydrogens (tertiary/aromatic N) is 3. The van der Waals surface area contributed by atoms with Gasteiger partial charge < -0.3 is 15.4 Å². The molecule has 0 radical (unpaired) electrons. The number of aliphatic hydroxyl groups excluding tert-OH is 1. The van der Waals surface area contributed by atoms with Gasteiger partial charge in [0, 0.05) is 30.6 Å². The third-order valence-electron chi connectivity index (χ3n) is 6.28. The molecule has 1 aliphatic carbocycles. The SMILES string of the molecule is Cn1c(C(C)(C)C)cc2ncc(C(=O)CC[C@@H]3[C@H]([C@@H](N)CO)C3(C)C)nc21. The van der Waals surface area contributed by atoms with Crippen molar-refractivity contribution in [3.8, 4) is 0 Å². The monoisotopic (exact) mass is 372 g/mol. The lowest BCUT2D eigenvalue weighted by molar-refractivity contribution is 0.0971. The van der Waals surface area contributed by atoms with Crippen molar-refractivity contribution in [2.45, 2.75) is 58.9 Å². The van der Waals surface area contributed by atoms with Crippen molar-refractivity contribution < 1.29 is 9.90 Å². The Kier molecular flexibility index (Phi) is 4.93. The largest absolute Gasteiger partial charge is 0.395 e. The van der Waals surface area contributed by atoms with Crippen LogP contribution in [0.2, 0.25) is 0 Å². The van der Waals surface area contributed by atoms with Crippen molar-refractivity contribution in [2.75, 3.05) is 6.61 Å². The lowest BCUT2D eigenvalue weighted by Gasteiger charge is -2.19. The van der Waals surface area contributed by atoms with E-state index >= 15 is 0 Å². The van der Waals surface area contributed by atoms with Gasteiger partial charge in [-0.1, -0.05) is 34.6 Å². The van der Waals surface area contributed by atoms with Crippen LogP contribution in [0.1, 0.15) is 63.6 Å². The first-order chi connectivity index (χ1) is 12.5. The van der Waals surface area contributed by atoms with Gasteiger partial charge in [0.05, 0.1) is 12.8 Å². The van der Waals surface area contributed by atoms with Gasteiger partial charge in [0.25, 0.3) is 0 Å². The van der Waals surface area contributed by atoms with Crippen LogP contribution in [0.3, 0.4) is 0 Å². The Balaban J connectivity index is 1.74. The lowest BCUT2D eigenvalue weighted by atomic mass is 9.92. The van der Waals surface area contributed by atoms with Crippen molar-refractivity contribution >= 4 is 16.9 Å². The summed E-state index contributed by atoms with van der Waals surface area (Å²) >= 11 is 0. The van der Waals surface area contributed by atoms with Gasteiger partial charge in [-0.2, -0.15) is 0 Å². The number of aromatic nitrogens is 3. The summed E-state index contributed by atoms with van der Waals surface area (Å²) in [7, 11) is 1.97. The van der Waals surface area contributed by atoms with Crippen molar-refractivity contribution in [3.05, 3.63) is 23.7 Å². The summed E-state index contributed by atoms with van der Waals surface area (Å²) in [5, 5.41) is 9.32. The minimum atomic E-state index is -0.213. The smallest absolute Gasteiger partial charge is 0.182 e. The quantitative estimate of drug-likeness (QED) is 0.761. The summed E-state index contributed by atoms with van der Waals surface area (Å²) in [5.74, 6) is 0.649. The van der Waals surface area contributed by atoms with Gasteiger partial charge >= 0.3 is 0 Å². The predicted molar refractivity (Wildman–Crippen MR) is 107 cm³/mol. The Morgan fingerprint density at radius 2 is 2.07 bits per heavy atom. The van der Waals surface area contributed by atoms with Crippen LogP contribution in [0.15, 0.2) is 12.3 Å². The third kappa shape index (κ3) is 3.52. The highest BCUT2D eigenvalue weighted by Crippen LogP contribution is 2.61. The van der Waals surface area contributed by atoms with Gasteiger partial charge in [0.1, 0.15) is 11.2 Å². The lowest BCUT2D eigenvalue weighted by Crippen LogP contribution is -2.29. The zero-order valence-corrected chi connectivity index (χ0v) is 17.3. The van der Waals surface area contributed by atoms with Gasteiger partial charge in [0.2, 0.25) is 0 Å². The number of nitrogens with two attached hydrogens (primary N) is 1. The molecule has 2 aromatic heterocycles. The number of carbonyl (C=O) groups excluding carboxylic acids is 1. The Morgan fingerprint density at radius 1 is 1.41 bits per heavy atom. The molecule has 1 fully saturated rings. The van der Waals surface area contributed by atoms with E-state index in [1.165, 1.54) is 0 Å². The molecule has 0 bridgehead atoms. The van der Waals surface area contributed by atoms with E-state index in [1.54, 1.807) is 6.20 Å². The Labute approximate surface area is 161 Å². The maximum Gasteiger partial charge on any atom is 0.182 e. The second-order valence-electron chi connectivity index (χ2n) is 9.56. The van der Waals surface area contributed by atoms with Crippen molar-refractivity contribution in [3.63, 3.8) is 0 Å². The molecule has 3 N–H and O–H groups in total. The van der Waals surface area contributed by atoms with Crippen molar-refractivity contribution in [2.24, 2.45) is 30.0 Å². The van der Waals surface area contributed by atoms with E-state index in [0.29, 0.717) is 18.0 Å². The van der Waals surface area contributed by atoms with Crippen LogP contribution in [-0.2, 0) is 12.5 Å². The van der Waals surface area contributed by atoms with Crippen LogP contribution < -0.4 is 5.73 Å². The molecule has 6 heteroatoms. The van der Waals surface area contributed by atoms with Gasteiger partial charge in [-0.3, -0.25) is 9.78 Å². The first-order valence-corrected chi connectivity index (χ1v) is 9.71. The first kappa shape index (κ1) is 20.0. The summed E-state index contributed by atoms with van der Waals surface area (Å²) < 4.78 is 2.03. The summed E-state index contributed by atoms with van der Waals surface area (Å²) in [5.41, 5.74) is 9.21. The zero-order chi connectivity index (χ0) is 20.1. The number of Topliss-reactive ketones (excluding diaryl/α,β-unsaturated/α-hetero) is 1. The number of ketones is 1. The standard InChI is InChI=1S/C21H32N4O2/c1-20(2,3)17-9-14-19(25(17)6)24-15(10-23-14)16(27)8-7-12-18(13(22)11-26)21(12,4)5/h9-10,12-13,18,26H,7-8,11,22H2,1-6H3/t12-,13+,18-/m1/s1. The average Bonchev–Trinajstić information content (AvgIpc) is 2.96. The van der Waals surface area contributed by atoms with E-state index in [-0.39, 0.29) is 35.2 Å². The fourth-order valence-electron chi connectivity index (χ4n) is 4.65. The normalized spacial score (nSPS) is 22.8. The topological polar surface area (TPSA) is 94.0 Å². The molecule has 2 aromatic rings. The molecular formula is C21H32N4O2. The number of carbonyl (C=O) groups is 1. The second-order valence-corrected chi connectivity index (χ2v) is 9.56. The summed E-state index contributed by atoms with van der Waals surface area (Å²) in [6, 6.07) is 1.83. The highest BCUT2D eigenvalue weighted by Gasteiger charge is 2.59.